The summed E-state index contributed by atoms with van der Waals surface area (Å²) in [6.45, 7) is 3.89. The van der Waals surface area contributed by atoms with Crippen LogP contribution < -0.4 is 10.6 Å². The molecule has 25 heavy (non-hydrogen) atoms. The molecule has 2 aromatic carbocycles. The van der Waals surface area contributed by atoms with Crippen LogP contribution in [0.3, 0.4) is 0 Å². The number of imide groups is 1. The van der Waals surface area contributed by atoms with Crippen LogP contribution in [0.2, 0.25) is 0 Å². The molecule has 5 nitrogen and oxygen atoms in total. The maximum atomic E-state index is 12.5. The molecule has 5 heteroatoms. The number of hydrogen-bond donors (Lipinski definition) is 2. The molecule has 1 aliphatic heterocycles. The lowest BCUT2D eigenvalue weighted by atomic mass is 9.89. The van der Waals surface area contributed by atoms with E-state index in [0.717, 1.165) is 16.7 Å². The van der Waals surface area contributed by atoms with Crippen LogP contribution in [0.25, 0.3) is 0 Å². The quantitative estimate of drug-likeness (QED) is 0.846. The highest BCUT2D eigenvalue weighted by molar-refractivity contribution is 6.05. The third kappa shape index (κ3) is 3.76. The molecule has 0 unspecified atom stereocenters. The van der Waals surface area contributed by atoms with Gasteiger partial charge in [0.1, 0.15) is 0 Å². The minimum absolute atomic E-state index is 0.154. The Morgan fingerprint density at radius 2 is 1.72 bits per heavy atom. The van der Waals surface area contributed by atoms with E-state index in [1.54, 1.807) is 12.1 Å². The van der Waals surface area contributed by atoms with Crippen molar-refractivity contribution in [3.63, 3.8) is 0 Å². The van der Waals surface area contributed by atoms with E-state index in [-0.39, 0.29) is 36.5 Å². The normalized spacial score (nSPS) is 15.0. The molecule has 0 aliphatic carbocycles. The molecule has 2 aromatic rings. The van der Waals surface area contributed by atoms with Gasteiger partial charge in [-0.2, -0.15) is 0 Å². The van der Waals surface area contributed by atoms with Crippen molar-refractivity contribution in [1.82, 2.24) is 5.32 Å². The van der Waals surface area contributed by atoms with Crippen LogP contribution in [0.5, 0.6) is 0 Å². The fourth-order valence-corrected chi connectivity index (χ4v) is 3.08. The van der Waals surface area contributed by atoms with E-state index < -0.39 is 0 Å². The summed E-state index contributed by atoms with van der Waals surface area (Å²) in [5, 5.41) is 5.21. The van der Waals surface area contributed by atoms with Crippen LogP contribution in [0.1, 0.15) is 45.8 Å². The topological polar surface area (TPSA) is 75.3 Å². The van der Waals surface area contributed by atoms with Gasteiger partial charge in [-0.05, 0) is 48.7 Å². The van der Waals surface area contributed by atoms with Gasteiger partial charge in [0.2, 0.25) is 11.8 Å². The molecule has 2 N–H and O–H groups in total. The Morgan fingerprint density at radius 3 is 2.44 bits per heavy atom. The fraction of sp³-hybridized carbons (Fsp3) is 0.250. The van der Waals surface area contributed by atoms with Crippen molar-refractivity contribution in [2.45, 2.75) is 32.6 Å². The van der Waals surface area contributed by atoms with Crippen molar-refractivity contribution in [3.8, 4) is 0 Å². The predicted octanol–water partition coefficient (Wildman–Crippen LogP) is 3.08. The van der Waals surface area contributed by atoms with Gasteiger partial charge in [0, 0.05) is 30.0 Å². The average Bonchev–Trinajstić information content (AvgIpc) is 2.56. The van der Waals surface area contributed by atoms with Crippen molar-refractivity contribution >= 4 is 23.4 Å². The maximum absolute atomic E-state index is 12.5. The zero-order chi connectivity index (χ0) is 18.0. The van der Waals surface area contributed by atoms with Crippen LogP contribution in [0.4, 0.5) is 5.69 Å². The summed E-state index contributed by atoms with van der Waals surface area (Å²) >= 11 is 0. The van der Waals surface area contributed by atoms with E-state index >= 15 is 0 Å². The summed E-state index contributed by atoms with van der Waals surface area (Å²) < 4.78 is 0. The molecule has 128 valence electrons. The Bertz CT molecular complexity index is 842. The molecule has 0 bridgehead atoms. The number of carbonyl (C=O) groups is 3. The number of piperidine rings is 1. The number of hydrogen-bond acceptors (Lipinski definition) is 3. The van der Waals surface area contributed by atoms with Gasteiger partial charge in [-0.1, -0.05) is 24.3 Å². The third-order valence-corrected chi connectivity index (χ3v) is 4.61. The van der Waals surface area contributed by atoms with Gasteiger partial charge in [0.25, 0.3) is 5.91 Å². The SMILES string of the molecule is Cc1cccc(C(=O)Nc2cccc(C3CC(=O)NC(=O)C3)c2)c1C. The fourth-order valence-electron chi connectivity index (χ4n) is 3.08. The van der Waals surface area contributed by atoms with Crippen molar-refractivity contribution in [1.29, 1.82) is 0 Å². The molecular formula is C20H20N2O3. The minimum atomic E-state index is -0.258. The van der Waals surface area contributed by atoms with Crippen LogP contribution in [0.15, 0.2) is 42.5 Å². The van der Waals surface area contributed by atoms with Crippen LogP contribution in [0, 0.1) is 13.8 Å². The maximum Gasteiger partial charge on any atom is 0.255 e. The monoisotopic (exact) mass is 336 g/mol. The summed E-state index contributed by atoms with van der Waals surface area (Å²) in [7, 11) is 0. The van der Waals surface area contributed by atoms with Crippen molar-refractivity contribution < 1.29 is 14.4 Å². The molecular weight excluding hydrogens is 316 g/mol. The number of benzene rings is 2. The smallest absolute Gasteiger partial charge is 0.255 e. The largest absolute Gasteiger partial charge is 0.322 e. The number of amides is 3. The van der Waals surface area contributed by atoms with Crippen LogP contribution in [-0.2, 0) is 9.59 Å². The zero-order valence-electron chi connectivity index (χ0n) is 14.3. The highest BCUT2D eigenvalue weighted by atomic mass is 16.2. The number of rotatable bonds is 3. The second-order valence-electron chi connectivity index (χ2n) is 6.40. The lowest BCUT2D eigenvalue weighted by molar-refractivity contribution is -0.133. The average molecular weight is 336 g/mol. The van der Waals surface area contributed by atoms with Gasteiger partial charge < -0.3 is 5.32 Å². The molecule has 0 spiro atoms. The standard InChI is InChI=1S/C20H20N2O3/c1-12-5-3-8-17(13(12)2)20(25)21-16-7-4-6-14(9-16)15-10-18(23)22-19(24)11-15/h3-9,15H,10-11H2,1-2H3,(H,21,25)(H,22,23,24). The van der Waals surface area contributed by atoms with Crippen LogP contribution >= 0.6 is 0 Å². The van der Waals surface area contributed by atoms with E-state index in [4.69, 9.17) is 0 Å². The van der Waals surface area contributed by atoms with Gasteiger partial charge in [-0.3, -0.25) is 19.7 Å². The van der Waals surface area contributed by atoms with Crippen molar-refractivity contribution in [2.75, 3.05) is 5.32 Å². The number of carbonyl (C=O) groups excluding carboxylic acids is 3. The molecule has 0 saturated carbocycles. The first-order valence-electron chi connectivity index (χ1n) is 8.24. The Kier molecular flexibility index (Phi) is 4.65. The van der Waals surface area contributed by atoms with Gasteiger partial charge in [-0.15, -0.1) is 0 Å². The summed E-state index contributed by atoms with van der Waals surface area (Å²) in [6, 6.07) is 13.0. The molecule has 0 atom stereocenters. The van der Waals surface area contributed by atoms with Gasteiger partial charge in [0.05, 0.1) is 0 Å². The molecule has 3 rings (SSSR count). The van der Waals surface area contributed by atoms with Gasteiger partial charge in [-0.25, -0.2) is 0 Å². The first-order valence-corrected chi connectivity index (χ1v) is 8.24. The van der Waals surface area contributed by atoms with Crippen molar-refractivity contribution in [3.05, 3.63) is 64.7 Å². The van der Waals surface area contributed by atoms with Gasteiger partial charge >= 0.3 is 0 Å². The lowest BCUT2D eigenvalue weighted by Crippen LogP contribution is -2.37. The summed E-state index contributed by atoms with van der Waals surface area (Å²) in [5.41, 5.74) is 4.18. The highest BCUT2D eigenvalue weighted by Gasteiger charge is 2.26. The minimum Gasteiger partial charge on any atom is -0.322 e. The van der Waals surface area contributed by atoms with Crippen molar-refractivity contribution in [2.24, 2.45) is 0 Å². The highest BCUT2D eigenvalue weighted by Crippen LogP contribution is 2.28. The first kappa shape index (κ1) is 16.9. The summed E-state index contributed by atoms with van der Waals surface area (Å²) in [4.78, 5) is 35.7. The molecule has 3 amide bonds. The van der Waals surface area contributed by atoms with Crippen LogP contribution in [-0.4, -0.2) is 17.7 Å². The molecule has 1 saturated heterocycles. The van der Waals surface area contributed by atoms with E-state index in [1.807, 2.05) is 44.2 Å². The van der Waals surface area contributed by atoms with E-state index in [1.165, 1.54) is 0 Å². The summed E-state index contributed by atoms with van der Waals surface area (Å²) in [5.74, 6) is -0.841. The Labute approximate surface area is 146 Å². The molecule has 0 radical (unpaired) electrons. The first-order chi connectivity index (χ1) is 11.9. The summed E-state index contributed by atoms with van der Waals surface area (Å²) in [6.07, 6.45) is 0.556. The van der Waals surface area contributed by atoms with E-state index in [2.05, 4.69) is 10.6 Å². The predicted molar refractivity (Wildman–Crippen MR) is 95.4 cm³/mol. The third-order valence-electron chi connectivity index (χ3n) is 4.61. The number of nitrogens with one attached hydrogen (secondary N) is 2. The van der Waals surface area contributed by atoms with E-state index in [9.17, 15) is 14.4 Å². The molecule has 1 heterocycles. The number of anilines is 1. The lowest BCUT2D eigenvalue weighted by Gasteiger charge is -2.21. The second kappa shape index (κ2) is 6.89. The van der Waals surface area contributed by atoms with Gasteiger partial charge in [0.15, 0.2) is 0 Å². The molecule has 0 aromatic heterocycles. The zero-order valence-corrected chi connectivity index (χ0v) is 14.3. The van der Waals surface area contributed by atoms with E-state index in [0.29, 0.717) is 11.3 Å². The Hall–Kier alpha value is -2.95. The number of aryl methyl sites for hydroxylation is 1. The molecule has 1 aliphatic rings. The molecule has 1 fully saturated rings. The Balaban J connectivity index is 1.80. The Morgan fingerprint density at radius 1 is 1.04 bits per heavy atom. The second-order valence-corrected chi connectivity index (χ2v) is 6.40.